The van der Waals surface area contributed by atoms with E-state index in [-0.39, 0.29) is 5.91 Å². The van der Waals surface area contributed by atoms with Crippen LogP contribution in [-0.2, 0) is 0 Å². The summed E-state index contributed by atoms with van der Waals surface area (Å²) in [4.78, 5) is 17.5. The van der Waals surface area contributed by atoms with Crippen molar-refractivity contribution in [3.63, 3.8) is 0 Å². The molecular formula is C16H21N3OS. The average molecular weight is 303 g/mol. The molecule has 1 aliphatic carbocycles. The molecule has 5 heteroatoms. The Morgan fingerprint density at radius 1 is 1.52 bits per heavy atom. The minimum atomic E-state index is -0.0330. The van der Waals surface area contributed by atoms with Gasteiger partial charge in [-0.15, -0.1) is 11.3 Å². The Kier molecular flexibility index (Phi) is 3.61. The van der Waals surface area contributed by atoms with Crippen molar-refractivity contribution >= 4 is 33.0 Å². The fraction of sp³-hybridized carbons (Fsp3) is 0.500. The maximum Gasteiger partial charge on any atom is 0.263 e. The molecule has 2 atom stereocenters. The van der Waals surface area contributed by atoms with Crippen LogP contribution in [0.15, 0.2) is 6.07 Å². The molecule has 1 fully saturated rings. The van der Waals surface area contributed by atoms with Crippen molar-refractivity contribution in [1.29, 1.82) is 0 Å². The first kappa shape index (κ1) is 14.3. The van der Waals surface area contributed by atoms with Gasteiger partial charge in [0.15, 0.2) is 0 Å². The first-order chi connectivity index (χ1) is 10.0. The first-order valence-corrected chi connectivity index (χ1v) is 8.30. The number of nitrogens with zero attached hydrogens (tertiary/aromatic N) is 1. The van der Waals surface area contributed by atoms with Gasteiger partial charge in [-0.1, -0.05) is 13.3 Å². The van der Waals surface area contributed by atoms with E-state index >= 15 is 0 Å². The van der Waals surface area contributed by atoms with Crippen LogP contribution in [0.25, 0.3) is 10.1 Å². The lowest BCUT2D eigenvalue weighted by molar-refractivity contribution is 0.0954. The van der Waals surface area contributed by atoms with Gasteiger partial charge in [-0.05, 0) is 38.7 Å². The summed E-state index contributed by atoms with van der Waals surface area (Å²) < 4.78 is 1.04. The summed E-state index contributed by atoms with van der Waals surface area (Å²) >= 11 is 1.47. The number of anilines is 1. The van der Waals surface area contributed by atoms with Crippen molar-refractivity contribution in [2.45, 2.75) is 46.1 Å². The van der Waals surface area contributed by atoms with E-state index in [1.165, 1.54) is 24.2 Å². The normalized spacial score (nSPS) is 20.7. The number of hydrogen-bond donors (Lipinski definition) is 2. The zero-order chi connectivity index (χ0) is 15.1. The van der Waals surface area contributed by atoms with Crippen LogP contribution in [0.3, 0.4) is 0 Å². The minimum absolute atomic E-state index is 0.0330. The van der Waals surface area contributed by atoms with Crippen LogP contribution in [0.4, 0.5) is 5.69 Å². The molecule has 2 unspecified atom stereocenters. The van der Waals surface area contributed by atoms with Crippen molar-refractivity contribution in [3.8, 4) is 0 Å². The quantitative estimate of drug-likeness (QED) is 0.909. The molecule has 0 bridgehead atoms. The molecule has 3 N–H and O–H groups in total. The largest absolute Gasteiger partial charge is 0.397 e. The fourth-order valence-electron chi connectivity index (χ4n) is 3.00. The van der Waals surface area contributed by atoms with Gasteiger partial charge in [-0.2, -0.15) is 0 Å². The zero-order valence-corrected chi connectivity index (χ0v) is 13.5. The number of carbonyl (C=O) groups is 1. The number of thiophene rings is 1. The molecule has 2 heterocycles. The number of amides is 1. The lowest BCUT2D eigenvalue weighted by Crippen LogP contribution is -2.26. The van der Waals surface area contributed by atoms with E-state index in [1.807, 2.05) is 19.9 Å². The summed E-state index contributed by atoms with van der Waals surface area (Å²) in [5.41, 5.74) is 8.62. The molecule has 0 aromatic carbocycles. The van der Waals surface area contributed by atoms with Gasteiger partial charge in [0.25, 0.3) is 5.91 Å². The minimum Gasteiger partial charge on any atom is -0.397 e. The van der Waals surface area contributed by atoms with Crippen LogP contribution >= 0.6 is 11.3 Å². The van der Waals surface area contributed by atoms with Crippen LogP contribution in [0.5, 0.6) is 0 Å². The third-order valence-electron chi connectivity index (χ3n) is 4.12. The number of aromatic nitrogens is 1. The van der Waals surface area contributed by atoms with Gasteiger partial charge < -0.3 is 11.1 Å². The number of rotatable bonds is 4. The number of fused-ring (bicyclic) bond motifs is 1. The van der Waals surface area contributed by atoms with Gasteiger partial charge in [0.2, 0.25) is 0 Å². The molecular weight excluding hydrogens is 282 g/mol. The predicted octanol–water partition coefficient (Wildman–Crippen LogP) is 3.41. The molecule has 4 nitrogen and oxygen atoms in total. The molecule has 0 spiro atoms. The van der Waals surface area contributed by atoms with Crippen LogP contribution in [-0.4, -0.2) is 16.9 Å². The Hall–Kier alpha value is -1.62. The van der Waals surface area contributed by atoms with Crippen molar-refractivity contribution in [3.05, 3.63) is 22.3 Å². The highest BCUT2D eigenvalue weighted by Crippen LogP contribution is 2.38. The third-order valence-corrected chi connectivity index (χ3v) is 5.27. The molecule has 0 radical (unpaired) electrons. The van der Waals surface area contributed by atoms with Crippen molar-refractivity contribution in [1.82, 2.24) is 10.3 Å². The van der Waals surface area contributed by atoms with E-state index in [1.54, 1.807) is 0 Å². The third kappa shape index (κ3) is 2.62. The van der Waals surface area contributed by atoms with Crippen molar-refractivity contribution in [2.24, 2.45) is 5.92 Å². The topological polar surface area (TPSA) is 68.0 Å². The maximum absolute atomic E-state index is 12.4. The van der Waals surface area contributed by atoms with Crippen LogP contribution in [0, 0.1) is 19.8 Å². The second-order valence-electron chi connectivity index (χ2n) is 5.93. The van der Waals surface area contributed by atoms with Gasteiger partial charge in [0.05, 0.1) is 5.69 Å². The highest BCUT2D eigenvalue weighted by molar-refractivity contribution is 7.21. The summed E-state index contributed by atoms with van der Waals surface area (Å²) in [5.74, 6) is 0.620. The summed E-state index contributed by atoms with van der Waals surface area (Å²) in [6.45, 7) is 6.08. The van der Waals surface area contributed by atoms with E-state index in [9.17, 15) is 4.79 Å². The van der Waals surface area contributed by atoms with Gasteiger partial charge in [0, 0.05) is 27.5 Å². The Balaban J connectivity index is 1.86. The Morgan fingerprint density at radius 3 is 3.00 bits per heavy atom. The Labute approximate surface area is 128 Å². The number of nitrogens with one attached hydrogen (secondary N) is 1. The first-order valence-electron chi connectivity index (χ1n) is 7.48. The van der Waals surface area contributed by atoms with Crippen molar-refractivity contribution < 1.29 is 4.79 Å². The van der Waals surface area contributed by atoms with Gasteiger partial charge in [0.1, 0.15) is 4.88 Å². The molecule has 112 valence electrons. The van der Waals surface area contributed by atoms with E-state index in [2.05, 4.69) is 17.2 Å². The van der Waals surface area contributed by atoms with Gasteiger partial charge in [-0.3, -0.25) is 9.78 Å². The van der Waals surface area contributed by atoms with Gasteiger partial charge >= 0.3 is 0 Å². The molecule has 0 saturated heterocycles. The summed E-state index contributed by atoms with van der Waals surface area (Å²) in [5, 5.41) is 4.04. The fourth-order valence-corrected chi connectivity index (χ4v) is 4.17. The van der Waals surface area contributed by atoms with E-state index in [0.29, 0.717) is 22.5 Å². The SMILES string of the molecule is CCCC1CC1NC(=O)c1sc2cc(C)nc(C)c2c1N. The number of carbonyl (C=O) groups excluding carboxylic acids is 1. The summed E-state index contributed by atoms with van der Waals surface area (Å²) in [6, 6.07) is 2.33. The molecule has 1 aliphatic rings. The molecule has 1 saturated carbocycles. The zero-order valence-electron chi connectivity index (χ0n) is 12.7. The lowest BCUT2D eigenvalue weighted by Gasteiger charge is -2.03. The van der Waals surface area contributed by atoms with E-state index in [0.717, 1.165) is 27.9 Å². The van der Waals surface area contributed by atoms with Crippen LogP contribution in [0.2, 0.25) is 0 Å². The number of aryl methyl sites for hydroxylation is 2. The van der Waals surface area contributed by atoms with Crippen molar-refractivity contribution in [2.75, 3.05) is 5.73 Å². The second kappa shape index (κ2) is 5.30. The maximum atomic E-state index is 12.4. The number of pyridine rings is 1. The number of nitrogens with two attached hydrogens (primary N) is 1. The summed E-state index contributed by atoms with van der Waals surface area (Å²) in [6.07, 6.45) is 3.46. The Morgan fingerprint density at radius 2 is 2.29 bits per heavy atom. The number of hydrogen-bond acceptors (Lipinski definition) is 4. The summed E-state index contributed by atoms with van der Waals surface area (Å²) in [7, 11) is 0. The molecule has 2 aromatic heterocycles. The molecule has 0 aliphatic heterocycles. The number of nitrogen functional groups attached to an aromatic ring is 1. The molecule has 2 aromatic rings. The monoisotopic (exact) mass is 303 g/mol. The highest BCUT2D eigenvalue weighted by atomic mass is 32.1. The van der Waals surface area contributed by atoms with Crippen LogP contribution in [0.1, 0.15) is 47.2 Å². The highest BCUT2D eigenvalue weighted by Gasteiger charge is 2.37. The lowest BCUT2D eigenvalue weighted by atomic mass is 10.2. The van der Waals surface area contributed by atoms with E-state index in [4.69, 9.17) is 5.73 Å². The van der Waals surface area contributed by atoms with E-state index < -0.39 is 0 Å². The second-order valence-corrected chi connectivity index (χ2v) is 6.98. The smallest absolute Gasteiger partial charge is 0.263 e. The standard InChI is InChI=1S/C16H21N3OS/c1-4-5-10-7-11(10)19-16(20)15-14(17)13-9(3)18-8(2)6-12(13)21-15/h6,10-11H,4-5,7,17H2,1-3H3,(H,19,20). The van der Waals surface area contributed by atoms with Gasteiger partial charge in [-0.25, -0.2) is 0 Å². The predicted molar refractivity (Wildman–Crippen MR) is 87.8 cm³/mol. The van der Waals surface area contributed by atoms with Crippen LogP contribution < -0.4 is 11.1 Å². The average Bonchev–Trinajstić information content (AvgIpc) is 3.03. The Bertz CT molecular complexity index is 707. The molecule has 3 rings (SSSR count). The molecule has 1 amide bonds. The molecule has 21 heavy (non-hydrogen) atoms.